The number of rotatable bonds is 4. The number of aliphatic hydroxyl groups excluding tert-OH is 1. The summed E-state index contributed by atoms with van der Waals surface area (Å²) < 4.78 is 0. The summed E-state index contributed by atoms with van der Waals surface area (Å²) >= 11 is 0. The highest BCUT2D eigenvalue weighted by Gasteiger charge is 2.42. The Morgan fingerprint density at radius 2 is 2.27 bits per heavy atom. The van der Waals surface area contributed by atoms with E-state index >= 15 is 0 Å². The second kappa shape index (κ2) is 4.26. The van der Waals surface area contributed by atoms with Crippen molar-refractivity contribution in [2.45, 2.75) is 45.1 Å². The Kier molecular flexibility index (Phi) is 3.17. The van der Waals surface area contributed by atoms with Crippen LogP contribution in [0.4, 0.5) is 0 Å². The quantitative estimate of drug-likeness (QED) is 0.695. The van der Waals surface area contributed by atoms with Gasteiger partial charge in [-0.2, -0.15) is 0 Å². The molecule has 0 saturated heterocycles. The zero-order valence-corrected chi connectivity index (χ0v) is 9.92. The van der Waals surface area contributed by atoms with Crippen LogP contribution in [-0.2, 0) is 0 Å². The molecular weight excluding hydrogens is 186 g/mol. The molecule has 0 aromatic heterocycles. The van der Waals surface area contributed by atoms with Crippen LogP contribution in [0.15, 0.2) is 11.6 Å². The van der Waals surface area contributed by atoms with E-state index < -0.39 is 0 Å². The van der Waals surface area contributed by atoms with Crippen molar-refractivity contribution in [3.63, 3.8) is 0 Å². The second-order valence-corrected chi connectivity index (χ2v) is 5.43. The van der Waals surface area contributed by atoms with Crippen LogP contribution in [0, 0.1) is 11.8 Å². The number of allylic oxidation sites excluding steroid dienone is 1. The van der Waals surface area contributed by atoms with Gasteiger partial charge < -0.3 is 10.4 Å². The highest BCUT2D eigenvalue weighted by atomic mass is 16.3. The second-order valence-electron chi connectivity index (χ2n) is 5.43. The number of hydrogen-bond donors (Lipinski definition) is 2. The standard InChI is InChI=1S/C13H23NO/c1-10-4-3-5-11(2)12(10)8-14-13(9-15)6-7-13/h4,11-12,14-15H,3,5-9H2,1-2H3/t11-,12-/m0/s1. The van der Waals surface area contributed by atoms with E-state index in [1.165, 1.54) is 18.4 Å². The van der Waals surface area contributed by atoms with Crippen molar-refractivity contribution in [1.29, 1.82) is 0 Å². The van der Waals surface area contributed by atoms with Crippen molar-refractivity contribution in [2.75, 3.05) is 13.2 Å². The van der Waals surface area contributed by atoms with Crippen molar-refractivity contribution in [3.05, 3.63) is 11.6 Å². The van der Waals surface area contributed by atoms with E-state index in [-0.39, 0.29) is 5.54 Å². The van der Waals surface area contributed by atoms with Crippen LogP contribution in [-0.4, -0.2) is 23.8 Å². The van der Waals surface area contributed by atoms with Crippen LogP contribution in [0.1, 0.15) is 39.5 Å². The molecule has 2 heteroatoms. The Morgan fingerprint density at radius 1 is 1.53 bits per heavy atom. The molecular formula is C13H23NO. The maximum atomic E-state index is 9.24. The molecule has 1 saturated carbocycles. The summed E-state index contributed by atoms with van der Waals surface area (Å²) in [5.41, 5.74) is 1.63. The highest BCUT2D eigenvalue weighted by molar-refractivity contribution is 5.11. The summed E-state index contributed by atoms with van der Waals surface area (Å²) in [4.78, 5) is 0. The minimum Gasteiger partial charge on any atom is -0.394 e. The Labute approximate surface area is 92.8 Å². The third-order valence-electron chi connectivity index (χ3n) is 4.21. The van der Waals surface area contributed by atoms with Gasteiger partial charge in [0, 0.05) is 12.1 Å². The Balaban J connectivity index is 1.87. The average molecular weight is 209 g/mol. The molecule has 2 atom stereocenters. The fourth-order valence-electron chi connectivity index (χ4n) is 2.61. The molecule has 2 N–H and O–H groups in total. The summed E-state index contributed by atoms with van der Waals surface area (Å²) in [6.45, 7) is 5.95. The van der Waals surface area contributed by atoms with Gasteiger partial charge in [-0.1, -0.05) is 18.6 Å². The zero-order chi connectivity index (χ0) is 10.9. The first-order chi connectivity index (χ1) is 7.17. The summed E-state index contributed by atoms with van der Waals surface area (Å²) in [5, 5.41) is 12.8. The lowest BCUT2D eigenvalue weighted by Gasteiger charge is -2.30. The lowest BCUT2D eigenvalue weighted by atomic mass is 9.80. The molecule has 2 rings (SSSR count). The molecule has 2 nitrogen and oxygen atoms in total. The van der Waals surface area contributed by atoms with Gasteiger partial charge in [0.15, 0.2) is 0 Å². The molecule has 0 heterocycles. The highest BCUT2D eigenvalue weighted by Crippen LogP contribution is 2.36. The van der Waals surface area contributed by atoms with Crippen molar-refractivity contribution in [1.82, 2.24) is 5.32 Å². The van der Waals surface area contributed by atoms with Crippen molar-refractivity contribution >= 4 is 0 Å². The number of hydrogen-bond acceptors (Lipinski definition) is 2. The molecule has 2 aliphatic carbocycles. The first-order valence-electron chi connectivity index (χ1n) is 6.19. The van der Waals surface area contributed by atoms with E-state index in [9.17, 15) is 5.11 Å². The van der Waals surface area contributed by atoms with Gasteiger partial charge in [0.25, 0.3) is 0 Å². The SMILES string of the molecule is CC1=CCC[C@H](C)[C@H]1CNC1(CO)CC1. The monoisotopic (exact) mass is 209 g/mol. The van der Waals surface area contributed by atoms with Gasteiger partial charge in [0.1, 0.15) is 0 Å². The van der Waals surface area contributed by atoms with E-state index in [0.29, 0.717) is 12.5 Å². The number of aliphatic hydroxyl groups is 1. The van der Waals surface area contributed by atoms with Gasteiger partial charge in [0.05, 0.1) is 6.61 Å². The summed E-state index contributed by atoms with van der Waals surface area (Å²) in [5.74, 6) is 1.47. The summed E-state index contributed by atoms with van der Waals surface area (Å²) in [6.07, 6.45) is 7.23. The molecule has 0 unspecified atom stereocenters. The first kappa shape index (κ1) is 11.2. The van der Waals surface area contributed by atoms with Gasteiger partial charge in [-0.05, 0) is 44.4 Å². The zero-order valence-electron chi connectivity index (χ0n) is 9.92. The first-order valence-corrected chi connectivity index (χ1v) is 6.19. The number of nitrogens with one attached hydrogen (secondary N) is 1. The van der Waals surface area contributed by atoms with E-state index in [2.05, 4.69) is 25.2 Å². The van der Waals surface area contributed by atoms with Gasteiger partial charge >= 0.3 is 0 Å². The minimum atomic E-state index is 0.0947. The van der Waals surface area contributed by atoms with Crippen LogP contribution in [0.2, 0.25) is 0 Å². The molecule has 2 aliphatic rings. The van der Waals surface area contributed by atoms with Crippen LogP contribution in [0.3, 0.4) is 0 Å². The Morgan fingerprint density at radius 3 is 2.80 bits per heavy atom. The predicted molar refractivity (Wildman–Crippen MR) is 62.7 cm³/mol. The van der Waals surface area contributed by atoms with Crippen LogP contribution >= 0.6 is 0 Å². The van der Waals surface area contributed by atoms with E-state index in [0.717, 1.165) is 25.3 Å². The minimum absolute atomic E-state index is 0.0947. The average Bonchev–Trinajstić information content (AvgIpc) is 2.98. The van der Waals surface area contributed by atoms with E-state index in [1.807, 2.05) is 0 Å². The maximum Gasteiger partial charge on any atom is 0.0613 e. The lowest BCUT2D eigenvalue weighted by Crippen LogP contribution is -2.40. The van der Waals surface area contributed by atoms with Crippen molar-refractivity contribution < 1.29 is 5.11 Å². The molecule has 86 valence electrons. The lowest BCUT2D eigenvalue weighted by molar-refractivity contribution is 0.219. The maximum absolute atomic E-state index is 9.24. The third kappa shape index (κ3) is 2.43. The fraction of sp³-hybridized carbons (Fsp3) is 0.846. The molecule has 0 spiro atoms. The van der Waals surface area contributed by atoms with Crippen LogP contribution < -0.4 is 5.32 Å². The molecule has 0 aliphatic heterocycles. The molecule has 15 heavy (non-hydrogen) atoms. The van der Waals surface area contributed by atoms with Crippen LogP contribution in [0.25, 0.3) is 0 Å². The third-order valence-corrected chi connectivity index (χ3v) is 4.21. The van der Waals surface area contributed by atoms with Crippen molar-refractivity contribution in [2.24, 2.45) is 11.8 Å². The Hall–Kier alpha value is -0.340. The molecule has 0 aromatic carbocycles. The smallest absolute Gasteiger partial charge is 0.0613 e. The summed E-state index contributed by atoms with van der Waals surface area (Å²) in [7, 11) is 0. The summed E-state index contributed by atoms with van der Waals surface area (Å²) in [6, 6.07) is 0. The molecule has 0 bridgehead atoms. The molecule has 1 fully saturated rings. The van der Waals surface area contributed by atoms with Gasteiger partial charge in [-0.25, -0.2) is 0 Å². The van der Waals surface area contributed by atoms with Gasteiger partial charge in [-0.3, -0.25) is 0 Å². The Bertz CT molecular complexity index is 255. The van der Waals surface area contributed by atoms with E-state index in [4.69, 9.17) is 0 Å². The van der Waals surface area contributed by atoms with Crippen molar-refractivity contribution in [3.8, 4) is 0 Å². The molecule has 0 amide bonds. The van der Waals surface area contributed by atoms with Gasteiger partial charge in [-0.15, -0.1) is 0 Å². The molecule has 0 aromatic rings. The van der Waals surface area contributed by atoms with Gasteiger partial charge in [0.2, 0.25) is 0 Å². The normalized spacial score (nSPS) is 33.7. The van der Waals surface area contributed by atoms with E-state index in [1.54, 1.807) is 0 Å². The predicted octanol–water partition coefficient (Wildman–Crippen LogP) is 2.09. The topological polar surface area (TPSA) is 32.3 Å². The van der Waals surface area contributed by atoms with Crippen LogP contribution in [0.5, 0.6) is 0 Å². The largest absolute Gasteiger partial charge is 0.394 e. The fourth-order valence-corrected chi connectivity index (χ4v) is 2.61. The molecule has 0 radical (unpaired) electrons.